The third-order valence-electron chi connectivity index (χ3n) is 2.67. The Hall–Kier alpha value is -0.210. The van der Waals surface area contributed by atoms with E-state index in [0.29, 0.717) is 6.42 Å². The Balaban J connectivity index is 1.91. The first-order chi connectivity index (χ1) is 6.54. The molecule has 1 aliphatic carbocycles. The van der Waals surface area contributed by atoms with E-state index >= 15 is 0 Å². The average Bonchev–Trinajstić information content (AvgIpc) is 2.65. The molecule has 1 saturated carbocycles. The first-order valence-electron chi connectivity index (χ1n) is 4.59. The third kappa shape index (κ3) is 1.91. The predicted molar refractivity (Wildman–Crippen MR) is 59.6 cm³/mol. The van der Waals surface area contributed by atoms with Crippen molar-refractivity contribution in [3.8, 4) is 0 Å². The standard InChI is InChI=1S/C11H12ClFS/c1-10(7-11(10,12)13)8-14-9-5-3-2-4-6-9/h2-6H,7-8H2,1H3. The smallest absolute Gasteiger partial charge is 0.190 e. The first-order valence-corrected chi connectivity index (χ1v) is 5.96. The van der Waals surface area contributed by atoms with Crippen molar-refractivity contribution in [1.82, 2.24) is 0 Å². The predicted octanol–water partition coefficient (Wildman–Crippen LogP) is 4.09. The molecule has 0 radical (unpaired) electrons. The molecule has 0 heterocycles. The van der Waals surface area contributed by atoms with Crippen LogP contribution in [0, 0.1) is 5.41 Å². The zero-order chi connectivity index (χ0) is 10.2. The molecule has 76 valence electrons. The van der Waals surface area contributed by atoms with Crippen molar-refractivity contribution >= 4 is 23.4 Å². The second-order valence-corrected chi connectivity index (χ2v) is 5.69. The van der Waals surface area contributed by atoms with E-state index in [1.807, 2.05) is 37.3 Å². The summed E-state index contributed by atoms with van der Waals surface area (Å²) in [5.41, 5.74) is -0.338. The number of rotatable bonds is 3. The van der Waals surface area contributed by atoms with Gasteiger partial charge in [0.1, 0.15) is 0 Å². The quantitative estimate of drug-likeness (QED) is 0.557. The van der Waals surface area contributed by atoms with E-state index in [9.17, 15) is 4.39 Å². The summed E-state index contributed by atoms with van der Waals surface area (Å²) in [6.45, 7) is 1.90. The van der Waals surface area contributed by atoms with Gasteiger partial charge in [0.05, 0.1) is 0 Å². The van der Waals surface area contributed by atoms with E-state index in [2.05, 4.69) is 0 Å². The zero-order valence-electron chi connectivity index (χ0n) is 7.97. The van der Waals surface area contributed by atoms with E-state index in [4.69, 9.17) is 11.6 Å². The number of hydrogen-bond donors (Lipinski definition) is 0. The average molecular weight is 231 g/mol. The maximum absolute atomic E-state index is 13.3. The topological polar surface area (TPSA) is 0 Å². The van der Waals surface area contributed by atoms with Gasteiger partial charge in [0.25, 0.3) is 0 Å². The van der Waals surface area contributed by atoms with Gasteiger partial charge in [-0.2, -0.15) is 0 Å². The molecule has 0 saturated heterocycles. The summed E-state index contributed by atoms with van der Waals surface area (Å²) in [5.74, 6) is 0.747. The molecule has 2 rings (SSSR count). The molecule has 3 heteroatoms. The molecule has 0 N–H and O–H groups in total. The largest absolute Gasteiger partial charge is 0.226 e. The molecule has 1 aromatic rings. The number of halogens is 2. The monoisotopic (exact) mass is 230 g/mol. The van der Waals surface area contributed by atoms with Crippen LogP contribution >= 0.6 is 23.4 Å². The molecule has 0 bridgehead atoms. The Morgan fingerprint density at radius 3 is 2.50 bits per heavy atom. The van der Waals surface area contributed by atoms with E-state index < -0.39 is 5.13 Å². The minimum absolute atomic E-state index is 0.338. The van der Waals surface area contributed by atoms with Crippen molar-refractivity contribution < 1.29 is 4.39 Å². The van der Waals surface area contributed by atoms with Crippen LogP contribution in [0.2, 0.25) is 0 Å². The molecule has 0 aliphatic heterocycles. The van der Waals surface area contributed by atoms with Crippen molar-refractivity contribution in [3.63, 3.8) is 0 Å². The third-order valence-corrected chi connectivity index (χ3v) is 4.65. The fourth-order valence-corrected chi connectivity index (χ4v) is 2.97. The van der Waals surface area contributed by atoms with Crippen LogP contribution in [-0.4, -0.2) is 10.9 Å². The zero-order valence-corrected chi connectivity index (χ0v) is 9.54. The van der Waals surface area contributed by atoms with E-state index in [-0.39, 0.29) is 5.41 Å². The van der Waals surface area contributed by atoms with E-state index in [1.165, 1.54) is 4.90 Å². The maximum atomic E-state index is 13.3. The van der Waals surface area contributed by atoms with Gasteiger partial charge in [0, 0.05) is 22.5 Å². The van der Waals surface area contributed by atoms with Gasteiger partial charge in [-0.05, 0) is 12.1 Å². The fourth-order valence-electron chi connectivity index (χ4n) is 1.36. The summed E-state index contributed by atoms with van der Waals surface area (Å²) in [6.07, 6.45) is 0.474. The molecule has 1 aromatic carbocycles. The van der Waals surface area contributed by atoms with Crippen molar-refractivity contribution in [3.05, 3.63) is 30.3 Å². The number of thioether (sulfide) groups is 1. The molecule has 0 spiro atoms. The molecular formula is C11H12ClFS. The molecule has 2 atom stereocenters. The van der Waals surface area contributed by atoms with Gasteiger partial charge >= 0.3 is 0 Å². The second-order valence-electron chi connectivity index (χ2n) is 4.04. The van der Waals surface area contributed by atoms with Gasteiger partial charge < -0.3 is 0 Å². The summed E-state index contributed by atoms with van der Waals surface area (Å²) in [4.78, 5) is 1.17. The van der Waals surface area contributed by atoms with E-state index in [1.54, 1.807) is 11.8 Å². The molecule has 14 heavy (non-hydrogen) atoms. The van der Waals surface area contributed by atoms with Crippen LogP contribution in [0.25, 0.3) is 0 Å². The lowest BCUT2D eigenvalue weighted by molar-refractivity contribution is 0.354. The molecule has 0 amide bonds. The van der Waals surface area contributed by atoms with Gasteiger partial charge in [-0.3, -0.25) is 0 Å². The van der Waals surface area contributed by atoms with Gasteiger partial charge in [-0.1, -0.05) is 36.7 Å². The van der Waals surface area contributed by atoms with Crippen LogP contribution in [0.15, 0.2) is 35.2 Å². The Labute approximate surface area is 92.8 Å². The first kappa shape index (κ1) is 10.3. The Morgan fingerprint density at radius 2 is 2.00 bits per heavy atom. The molecular weight excluding hydrogens is 219 g/mol. The van der Waals surface area contributed by atoms with Gasteiger partial charge in [0.2, 0.25) is 0 Å². The SMILES string of the molecule is CC1(CSc2ccccc2)CC1(F)Cl. The lowest BCUT2D eigenvalue weighted by Crippen LogP contribution is -2.08. The van der Waals surface area contributed by atoms with Crippen molar-refractivity contribution in [2.45, 2.75) is 23.4 Å². The van der Waals surface area contributed by atoms with Gasteiger partial charge in [0.15, 0.2) is 5.13 Å². The lowest BCUT2D eigenvalue weighted by Gasteiger charge is -2.09. The van der Waals surface area contributed by atoms with Crippen LogP contribution < -0.4 is 0 Å². The summed E-state index contributed by atoms with van der Waals surface area (Å²) >= 11 is 7.30. The highest BCUT2D eigenvalue weighted by Crippen LogP contribution is 2.63. The molecule has 0 aromatic heterocycles. The van der Waals surface area contributed by atoms with Crippen molar-refractivity contribution in [2.24, 2.45) is 5.41 Å². The fraction of sp³-hybridized carbons (Fsp3) is 0.455. The highest BCUT2D eigenvalue weighted by atomic mass is 35.5. The molecule has 1 fully saturated rings. The van der Waals surface area contributed by atoms with Gasteiger partial charge in [-0.25, -0.2) is 4.39 Å². The highest BCUT2D eigenvalue weighted by Gasteiger charge is 2.64. The van der Waals surface area contributed by atoms with Crippen LogP contribution in [0.4, 0.5) is 4.39 Å². The number of benzene rings is 1. The van der Waals surface area contributed by atoms with Crippen LogP contribution in [0.1, 0.15) is 13.3 Å². The minimum Gasteiger partial charge on any atom is -0.226 e. The maximum Gasteiger partial charge on any atom is 0.190 e. The Morgan fingerprint density at radius 1 is 1.43 bits per heavy atom. The summed E-state index contributed by atoms with van der Waals surface area (Å²) in [7, 11) is 0. The Bertz CT molecular complexity index is 325. The summed E-state index contributed by atoms with van der Waals surface area (Å²) in [5, 5.41) is -1.46. The normalized spacial score (nSPS) is 35.6. The minimum atomic E-state index is -1.46. The molecule has 0 nitrogen and oxygen atoms in total. The highest BCUT2D eigenvalue weighted by molar-refractivity contribution is 7.99. The van der Waals surface area contributed by atoms with Gasteiger partial charge in [-0.15, -0.1) is 11.8 Å². The van der Waals surface area contributed by atoms with Crippen LogP contribution in [-0.2, 0) is 0 Å². The molecule has 2 unspecified atom stereocenters. The van der Waals surface area contributed by atoms with Crippen LogP contribution in [0.5, 0.6) is 0 Å². The lowest BCUT2D eigenvalue weighted by atomic mass is 10.2. The number of hydrogen-bond acceptors (Lipinski definition) is 1. The summed E-state index contributed by atoms with van der Waals surface area (Å²) < 4.78 is 13.3. The van der Waals surface area contributed by atoms with Crippen molar-refractivity contribution in [2.75, 3.05) is 5.75 Å². The summed E-state index contributed by atoms with van der Waals surface area (Å²) in [6, 6.07) is 10.0. The number of alkyl halides is 2. The van der Waals surface area contributed by atoms with E-state index in [0.717, 1.165) is 5.75 Å². The van der Waals surface area contributed by atoms with Crippen LogP contribution in [0.3, 0.4) is 0 Å². The Kier molecular flexibility index (Phi) is 2.52. The molecule has 1 aliphatic rings. The van der Waals surface area contributed by atoms with Crippen molar-refractivity contribution in [1.29, 1.82) is 0 Å². The second kappa shape index (κ2) is 3.42.